The average molecular weight is 349 g/mol. The summed E-state index contributed by atoms with van der Waals surface area (Å²) in [6, 6.07) is 0. The Morgan fingerprint density at radius 2 is 1.18 bits per heavy atom. The van der Waals surface area contributed by atoms with Crippen molar-refractivity contribution in [1.29, 1.82) is 0 Å². The first-order chi connectivity index (χ1) is 9.77. The van der Waals surface area contributed by atoms with Crippen LogP contribution in [-0.4, -0.2) is 23.4 Å². The van der Waals surface area contributed by atoms with Crippen LogP contribution in [0.3, 0.4) is 0 Å². The summed E-state index contributed by atoms with van der Waals surface area (Å²) in [4.78, 5) is 10.4. The van der Waals surface area contributed by atoms with E-state index in [1.165, 1.54) is 44.9 Å². The second kappa shape index (κ2) is 23.6. The van der Waals surface area contributed by atoms with Crippen molar-refractivity contribution in [2.75, 3.05) is 0 Å². The molecule has 0 fully saturated rings. The van der Waals surface area contributed by atoms with E-state index in [-0.39, 0.29) is 35.5 Å². The van der Waals surface area contributed by atoms with Gasteiger partial charge in [-0.15, -0.1) is 0 Å². The first-order valence-corrected chi connectivity index (χ1v) is 8.86. The van der Waals surface area contributed by atoms with Gasteiger partial charge in [0.2, 0.25) is 5.91 Å². The summed E-state index contributed by atoms with van der Waals surface area (Å²) < 4.78 is 31.6. The van der Waals surface area contributed by atoms with E-state index in [1.54, 1.807) is 6.92 Å². The minimum Gasteiger partial charge on any atom is -0.370 e. The number of carbonyl (C=O) groups excluding carboxylic acids is 1. The van der Waals surface area contributed by atoms with Crippen LogP contribution in [0, 0.1) is 6.92 Å². The predicted octanol–water partition coefficient (Wildman–Crippen LogP) is 0.584. The maximum atomic E-state index is 10.4. The van der Waals surface area contributed by atoms with Crippen LogP contribution >= 0.6 is 0 Å². The normalized spacial score (nSPS) is 9.50. The molecule has 0 heterocycles. The Bertz CT molecular complexity index is 302. The number of unbranched alkanes of at least 4 members (excludes halogenated alkanes) is 8. The van der Waals surface area contributed by atoms with E-state index in [4.69, 9.17) is 23.3 Å². The van der Waals surface area contributed by atoms with Crippen molar-refractivity contribution >= 4 is 16.3 Å². The number of hydrogen-bond donors (Lipinski definition) is 3. The number of amides is 1. The maximum absolute atomic E-state index is 10.4. The van der Waals surface area contributed by atoms with Crippen LogP contribution in [0.5, 0.6) is 0 Å². The van der Waals surface area contributed by atoms with Gasteiger partial charge in [-0.2, -0.15) is 15.3 Å². The van der Waals surface area contributed by atoms with Gasteiger partial charge in [-0.1, -0.05) is 58.3 Å². The molecule has 0 aromatic heterocycles. The molecule has 0 radical (unpaired) electrons. The molecule has 0 aromatic rings. The number of nitrogens with two attached hydrogens (primary N) is 1. The molecule has 0 aliphatic carbocycles. The molecule has 0 unspecified atom stereocenters. The summed E-state index contributed by atoms with van der Waals surface area (Å²) in [6.07, 6.45) is 12.1. The molecule has 0 saturated heterocycles. The Morgan fingerprint density at radius 3 is 1.45 bits per heavy atom. The van der Waals surface area contributed by atoms with Crippen LogP contribution in [0.4, 0.5) is 0 Å². The van der Waals surface area contributed by atoms with Gasteiger partial charge in [-0.05, 0) is 6.42 Å². The number of carbonyl (C=O) groups is 1. The molecule has 0 aliphatic heterocycles. The molecule has 4 N–H and O–H groups in total. The van der Waals surface area contributed by atoms with Gasteiger partial charge in [0.15, 0.2) is 0 Å². The van der Waals surface area contributed by atoms with Gasteiger partial charge in [0.1, 0.15) is 0 Å². The zero-order valence-electron chi connectivity index (χ0n) is 14.4. The molecule has 0 rings (SSSR count). The molecule has 0 bridgehead atoms. The molecule has 0 aromatic carbocycles. The van der Waals surface area contributed by atoms with Gasteiger partial charge in [0, 0.05) is 6.42 Å². The number of hydrogen-bond acceptors (Lipinski definition) is 3. The van der Waals surface area contributed by atoms with Crippen molar-refractivity contribution in [3.8, 4) is 0 Å². The fraction of sp³-hybridized carbons (Fsp3) is 0.857. The molecule has 0 atom stereocenters. The minimum absolute atomic E-state index is 0. The fourth-order valence-electron chi connectivity index (χ4n) is 1.61. The van der Waals surface area contributed by atoms with E-state index in [2.05, 4.69) is 13.8 Å². The summed E-state index contributed by atoms with van der Waals surface area (Å²) in [5, 5.41) is 0. The van der Waals surface area contributed by atoms with Crippen LogP contribution in [0.1, 0.15) is 78.1 Å². The third-order valence-electron chi connectivity index (χ3n) is 2.53. The Balaban J connectivity index is -0.000000172. The van der Waals surface area contributed by atoms with Crippen LogP contribution < -0.4 is 35.3 Å². The summed E-state index contributed by atoms with van der Waals surface area (Å²) in [6.45, 7) is 7.24. The summed E-state index contributed by atoms with van der Waals surface area (Å²) in [5.41, 5.74) is 5.05. The summed E-state index contributed by atoms with van der Waals surface area (Å²) in [5.74, 6) is -0.159. The van der Waals surface area contributed by atoms with E-state index in [9.17, 15) is 4.79 Å². The topological polar surface area (TPSA) is 118 Å². The SMILES string of the molecule is CCCCCCCCCCCC(N)=O.O=S(=O)(O)O.[CH2-]C.[Na+]. The Kier molecular flexibility index (Phi) is 32.5. The largest absolute Gasteiger partial charge is 1.00 e. The second-order valence-electron chi connectivity index (χ2n) is 4.49. The summed E-state index contributed by atoms with van der Waals surface area (Å²) >= 11 is 0. The van der Waals surface area contributed by atoms with Gasteiger partial charge in [0.25, 0.3) is 0 Å². The molecule has 1 amide bonds. The van der Waals surface area contributed by atoms with E-state index < -0.39 is 10.4 Å². The van der Waals surface area contributed by atoms with Crippen LogP contribution in [0.25, 0.3) is 0 Å². The van der Waals surface area contributed by atoms with Crippen molar-refractivity contribution in [3.05, 3.63) is 6.92 Å². The quantitative estimate of drug-likeness (QED) is 0.231. The number of rotatable bonds is 10. The molecule has 22 heavy (non-hydrogen) atoms. The molecule has 0 saturated carbocycles. The molecular weight excluding hydrogens is 317 g/mol. The number of primary amides is 1. The van der Waals surface area contributed by atoms with E-state index in [0.29, 0.717) is 6.42 Å². The van der Waals surface area contributed by atoms with E-state index >= 15 is 0 Å². The average Bonchev–Trinajstić information content (AvgIpc) is 2.37. The zero-order valence-corrected chi connectivity index (χ0v) is 17.2. The van der Waals surface area contributed by atoms with E-state index in [1.807, 2.05) is 0 Å². The van der Waals surface area contributed by atoms with Crippen molar-refractivity contribution in [3.63, 3.8) is 0 Å². The van der Waals surface area contributed by atoms with Gasteiger partial charge in [-0.3, -0.25) is 13.9 Å². The molecule has 0 aliphatic rings. The molecule has 8 heteroatoms. The minimum atomic E-state index is -4.67. The van der Waals surface area contributed by atoms with Gasteiger partial charge in [0.05, 0.1) is 0 Å². The molecule has 6 nitrogen and oxygen atoms in total. The fourth-order valence-corrected chi connectivity index (χ4v) is 1.61. The molecular formula is C14H32NNaO5S. The third kappa shape index (κ3) is 59.2. The van der Waals surface area contributed by atoms with Crippen LogP contribution in [-0.2, 0) is 15.2 Å². The first-order valence-electron chi connectivity index (χ1n) is 7.46. The Hall–Kier alpha value is 0.340. The second-order valence-corrected chi connectivity index (χ2v) is 5.39. The van der Waals surface area contributed by atoms with Crippen molar-refractivity contribution in [2.24, 2.45) is 5.73 Å². The van der Waals surface area contributed by atoms with Gasteiger partial charge < -0.3 is 12.7 Å². The maximum Gasteiger partial charge on any atom is 1.00 e. The van der Waals surface area contributed by atoms with Crippen molar-refractivity contribution in [2.45, 2.75) is 78.1 Å². The smallest absolute Gasteiger partial charge is 0.370 e. The van der Waals surface area contributed by atoms with Crippen LogP contribution in [0.15, 0.2) is 0 Å². The standard InChI is InChI=1S/C12H25NO.C2H5.Na.H2O4S/c1-2-3-4-5-6-7-8-9-10-11-12(13)14;1-2;;1-5(2,3)4/h2-11H2,1H3,(H2,13,14);1H2,2H3;;(H2,1,2,3,4)/q;-1;+1;. The zero-order chi connectivity index (χ0) is 17.1. The Morgan fingerprint density at radius 1 is 0.909 bits per heavy atom. The summed E-state index contributed by atoms with van der Waals surface area (Å²) in [7, 11) is -4.67. The molecule has 0 spiro atoms. The van der Waals surface area contributed by atoms with Crippen molar-refractivity contribution < 1.29 is 51.9 Å². The van der Waals surface area contributed by atoms with Crippen molar-refractivity contribution in [1.82, 2.24) is 0 Å². The third-order valence-corrected chi connectivity index (χ3v) is 2.53. The Labute approximate surface area is 158 Å². The van der Waals surface area contributed by atoms with Gasteiger partial charge >= 0.3 is 40.0 Å². The predicted molar refractivity (Wildman–Crippen MR) is 86.2 cm³/mol. The molecule has 130 valence electrons. The van der Waals surface area contributed by atoms with Gasteiger partial charge in [-0.25, -0.2) is 0 Å². The van der Waals surface area contributed by atoms with E-state index in [0.717, 1.165) is 12.8 Å². The monoisotopic (exact) mass is 349 g/mol. The van der Waals surface area contributed by atoms with Crippen LogP contribution in [0.2, 0.25) is 0 Å². The first kappa shape index (κ1) is 30.2.